The van der Waals surface area contributed by atoms with Crippen molar-refractivity contribution in [3.63, 3.8) is 0 Å². The second kappa shape index (κ2) is 5.61. The molecule has 0 aliphatic carbocycles. The van der Waals surface area contributed by atoms with Crippen molar-refractivity contribution in [2.45, 2.75) is 32.3 Å². The van der Waals surface area contributed by atoms with E-state index in [1.54, 1.807) is 4.90 Å². The Morgan fingerprint density at radius 1 is 1.32 bits per heavy atom. The van der Waals surface area contributed by atoms with Gasteiger partial charge < -0.3 is 14.7 Å². The molecule has 4 nitrogen and oxygen atoms in total. The molecule has 0 aromatic heterocycles. The Morgan fingerprint density at radius 3 is 2.47 bits per heavy atom. The zero-order valence-electron chi connectivity index (χ0n) is 11.6. The minimum atomic E-state index is -0.682. The molecule has 0 radical (unpaired) electrons. The molecule has 1 aromatic rings. The maximum absolute atomic E-state index is 11.8. The summed E-state index contributed by atoms with van der Waals surface area (Å²) in [4.78, 5) is 13.4. The quantitative estimate of drug-likeness (QED) is 0.878. The Kier molecular flexibility index (Phi) is 4.10. The Bertz CT molecular complexity index is 435. The van der Waals surface area contributed by atoms with E-state index in [0.717, 1.165) is 6.42 Å². The lowest BCUT2D eigenvalue weighted by Gasteiger charge is -2.45. The van der Waals surface area contributed by atoms with Crippen LogP contribution in [0.25, 0.3) is 0 Å². The van der Waals surface area contributed by atoms with Crippen LogP contribution >= 0.6 is 0 Å². The van der Waals surface area contributed by atoms with Crippen LogP contribution in [0.5, 0.6) is 5.75 Å². The summed E-state index contributed by atoms with van der Waals surface area (Å²) in [6.45, 7) is 4.89. The second-order valence-corrected chi connectivity index (χ2v) is 5.11. The number of benzene rings is 1. The summed E-state index contributed by atoms with van der Waals surface area (Å²) in [7, 11) is 0. The number of aliphatic hydroxyl groups is 1. The number of amides is 1. The molecular formula is C15H21NO3. The van der Waals surface area contributed by atoms with Crippen LogP contribution in [0.3, 0.4) is 0 Å². The van der Waals surface area contributed by atoms with Crippen molar-refractivity contribution in [1.29, 1.82) is 0 Å². The van der Waals surface area contributed by atoms with Gasteiger partial charge in [0.25, 0.3) is 5.91 Å². The first-order chi connectivity index (χ1) is 9.06. The lowest BCUT2D eigenvalue weighted by atomic mass is 9.91. The van der Waals surface area contributed by atoms with E-state index in [2.05, 4.69) is 6.92 Å². The van der Waals surface area contributed by atoms with Gasteiger partial charge in [-0.15, -0.1) is 0 Å². The number of carbonyl (C=O) groups is 1. The van der Waals surface area contributed by atoms with Gasteiger partial charge in [-0.1, -0.05) is 26.0 Å². The molecule has 2 rings (SSSR count). The molecule has 0 saturated carbocycles. The molecule has 0 unspecified atom stereocenters. The van der Waals surface area contributed by atoms with Crippen LogP contribution in [0.15, 0.2) is 24.3 Å². The lowest BCUT2D eigenvalue weighted by molar-refractivity contribution is -0.157. The molecule has 1 N–H and O–H groups in total. The van der Waals surface area contributed by atoms with Gasteiger partial charge in [-0.05, 0) is 30.5 Å². The predicted molar refractivity (Wildman–Crippen MR) is 73.1 cm³/mol. The fourth-order valence-corrected chi connectivity index (χ4v) is 2.12. The maximum Gasteiger partial charge on any atom is 0.260 e. The zero-order valence-corrected chi connectivity index (χ0v) is 11.6. The van der Waals surface area contributed by atoms with Crippen molar-refractivity contribution in [2.75, 3.05) is 19.7 Å². The Labute approximate surface area is 114 Å². The van der Waals surface area contributed by atoms with Crippen molar-refractivity contribution >= 4 is 5.91 Å². The van der Waals surface area contributed by atoms with Gasteiger partial charge in [0.05, 0.1) is 18.7 Å². The Morgan fingerprint density at radius 2 is 1.95 bits per heavy atom. The minimum Gasteiger partial charge on any atom is -0.484 e. The van der Waals surface area contributed by atoms with E-state index < -0.39 is 5.60 Å². The van der Waals surface area contributed by atoms with Crippen molar-refractivity contribution < 1.29 is 14.6 Å². The third kappa shape index (κ3) is 3.26. The Hall–Kier alpha value is -1.55. The van der Waals surface area contributed by atoms with Crippen molar-refractivity contribution in [2.24, 2.45) is 0 Å². The molecule has 1 heterocycles. The third-order valence-electron chi connectivity index (χ3n) is 3.68. The van der Waals surface area contributed by atoms with E-state index >= 15 is 0 Å². The number of β-amino-alcohol motifs (C(OH)–C–C–N with tert-alkyl or cyclic N) is 1. The highest BCUT2D eigenvalue weighted by atomic mass is 16.5. The van der Waals surface area contributed by atoms with E-state index in [4.69, 9.17) is 4.74 Å². The lowest BCUT2D eigenvalue weighted by Crippen LogP contribution is -2.63. The first kappa shape index (κ1) is 13.9. The van der Waals surface area contributed by atoms with Crippen LogP contribution in [0.4, 0.5) is 0 Å². The van der Waals surface area contributed by atoms with Gasteiger partial charge in [-0.3, -0.25) is 4.79 Å². The van der Waals surface area contributed by atoms with Gasteiger partial charge >= 0.3 is 0 Å². The number of rotatable bonds is 5. The summed E-state index contributed by atoms with van der Waals surface area (Å²) in [5.74, 6) is 0.634. The average Bonchev–Trinajstić information content (AvgIpc) is 2.41. The summed E-state index contributed by atoms with van der Waals surface area (Å²) >= 11 is 0. The molecular weight excluding hydrogens is 242 g/mol. The summed E-state index contributed by atoms with van der Waals surface area (Å²) < 4.78 is 5.45. The molecule has 1 aliphatic heterocycles. The molecule has 0 bridgehead atoms. The van der Waals surface area contributed by atoms with E-state index in [1.807, 2.05) is 31.2 Å². The average molecular weight is 263 g/mol. The monoisotopic (exact) mass is 263 g/mol. The number of hydrogen-bond donors (Lipinski definition) is 1. The van der Waals surface area contributed by atoms with E-state index in [0.29, 0.717) is 25.3 Å². The van der Waals surface area contributed by atoms with E-state index in [1.165, 1.54) is 5.56 Å². The molecule has 1 aliphatic rings. The van der Waals surface area contributed by atoms with Crippen LogP contribution in [0.1, 0.15) is 25.8 Å². The topological polar surface area (TPSA) is 49.8 Å². The molecule has 104 valence electrons. The number of nitrogens with zero attached hydrogens (tertiary/aromatic N) is 1. The first-order valence-electron chi connectivity index (χ1n) is 6.78. The third-order valence-corrected chi connectivity index (χ3v) is 3.68. The fraction of sp³-hybridized carbons (Fsp3) is 0.533. The SMILES string of the molecule is CCc1ccc(OCC(=O)N2CC(O)(CC)C2)cc1. The molecule has 0 spiro atoms. The smallest absolute Gasteiger partial charge is 0.260 e. The highest BCUT2D eigenvalue weighted by molar-refractivity contribution is 5.79. The van der Waals surface area contributed by atoms with Gasteiger partial charge in [0.2, 0.25) is 0 Å². The van der Waals surface area contributed by atoms with Crippen LogP contribution in [0, 0.1) is 0 Å². The molecule has 1 aromatic carbocycles. The van der Waals surface area contributed by atoms with Crippen LogP contribution < -0.4 is 4.74 Å². The number of likely N-dealkylation sites (tertiary alicyclic amines) is 1. The minimum absolute atomic E-state index is 0.0330. The fourth-order valence-electron chi connectivity index (χ4n) is 2.12. The summed E-state index contributed by atoms with van der Waals surface area (Å²) in [5, 5.41) is 9.85. The van der Waals surface area contributed by atoms with Gasteiger partial charge in [-0.25, -0.2) is 0 Å². The van der Waals surface area contributed by atoms with E-state index in [-0.39, 0.29) is 12.5 Å². The van der Waals surface area contributed by atoms with Gasteiger partial charge in [0, 0.05) is 0 Å². The molecule has 1 saturated heterocycles. The molecule has 1 amide bonds. The second-order valence-electron chi connectivity index (χ2n) is 5.11. The van der Waals surface area contributed by atoms with Gasteiger partial charge in [-0.2, -0.15) is 0 Å². The number of hydrogen-bond acceptors (Lipinski definition) is 3. The first-order valence-corrected chi connectivity index (χ1v) is 6.78. The normalized spacial score (nSPS) is 16.9. The van der Waals surface area contributed by atoms with Crippen LogP contribution in [0.2, 0.25) is 0 Å². The molecule has 4 heteroatoms. The van der Waals surface area contributed by atoms with Crippen molar-refractivity contribution in [3.8, 4) is 5.75 Å². The van der Waals surface area contributed by atoms with Gasteiger partial charge in [0.15, 0.2) is 6.61 Å². The number of carbonyl (C=O) groups excluding carboxylic acids is 1. The zero-order chi connectivity index (χ0) is 13.9. The molecule has 0 atom stereocenters. The van der Waals surface area contributed by atoms with Crippen molar-refractivity contribution in [1.82, 2.24) is 4.90 Å². The standard InChI is InChI=1S/C15H21NO3/c1-3-12-5-7-13(8-6-12)19-9-14(17)16-10-15(18,4-2)11-16/h5-8,18H,3-4,9-11H2,1-2H3. The van der Waals surface area contributed by atoms with Crippen LogP contribution in [-0.2, 0) is 11.2 Å². The number of ether oxygens (including phenoxy) is 1. The van der Waals surface area contributed by atoms with Gasteiger partial charge in [0.1, 0.15) is 5.75 Å². The van der Waals surface area contributed by atoms with Crippen molar-refractivity contribution in [3.05, 3.63) is 29.8 Å². The highest BCUT2D eigenvalue weighted by Gasteiger charge is 2.41. The Balaban J connectivity index is 1.78. The molecule has 19 heavy (non-hydrogen) atoms. The summed E-state index contributed by atoms with van der Waals surface area (Å²) in [6, 6.07) is 7.76. The number of aryl methyl sites for hydroxylation is 1. The predicted octanol–water partition coefficient (Wildman–Crippen LogP) is 1.61. The maximum atomic E-state index is 11.8. The summed E-state index contributed by atoms with van der Waals surface area (Å²) in [5.41, 5.74) is 0.563. The largest absolute Gasteiger partial charge is 0.484 e. The highest BCUT2D eigenvalue weighted by Crippen LogP contribution is 2.24. The summed E-state index contributed by atoms with van der Waals surface area (Å²) in [6.07, 6.45) is 1.67. The molecule has 1 fully saturated rings. The van der Waals surface area contributed by atoms with Crippen LogP contribution in [-0.4, -0.2) is 41.2 Å². The van der Waals surface area contributed by atoms with E-state index in [9.17, 15) is 9.90 Å².